The van der Waals surface area contributed by atoms with E-state index < -0.39 is 35.2 Å². The predicted octanol–water partition coefficient (Wildman–Crippen LogP) is 7.15. The van der Waals surface area contributed by atoms with E-state index in [2.05, 4.69) is 29.2 Å². The highest BCUT2D eigenvalue weighted by Crippen LogP contribution is 2.53. The summed E-state index contributed by atoms with van der Waals surface area (Å²) in [5.74, 6) is -4.30. The molecule has 0 saturated carbocycles. The van der Waals surface area contributed by atoms with Crippen molar-refractivity contribution < 1.29 is 24.5 Å². The van der Waals surface area contributed by atoms with E-state index in [-0.39, 0.29) is 18.9 Å². The van der Waals surface area contributed by atoms with Crippen molar-refractivity contribution in [2.45, 2.75) is 56.9 Å². The van der Waals surface area contributed by atoms with Crippen LogP contribution in [0.15, 0.2) is 89.9 Å². The molecule has 3 aromatic carbocycles. The van der Waals surface area contributed by atoms with Gasteiger partial charge in [-0.05, 0) is 74.5 Å². The van der Waals surface area contributed by atoms with Gasteiger partial charge in [-0.15, -0.1) is 0 Å². The van der Waals surface area contributed by atoms with Crippen LogP contribution >= 0.6 is 11.6 Å². The summed E-state index contributed by atoms with van der Waals surface area (Å²) in [4.78, 5) is 34.0. The fourth-order valence-corrected chi connectivity index (χ4v) is 7.64. The van der Waals surface area contributed by atoms with E-state index in [4.69, 9.17) is 21.3 Å². The lowest BCUT2D eigenvalue weighted by Crippen LogP contribution is -2.56. The van der Waals surface area contributed by atoms with Gasteiger partial charge >= 0.3 is 11.9 Å². The van der Waals surface area contributed by atoms with Gasteiger partial charge in [0.15, 0.2) is 0 Å². The molecule has 1 saturated heterocycles. The Bertz CT molecular complexity index is 1420. The summed E-state index contributed by atoms with van der Waals surface area (Å²) in [6.07, 6.45) is 4.26. The van der Waals surface area contributed by atoms with E-state index >= 15 is 0 Å². The zero-order valence-corrected chi connectivity index (χ0v) is 26.6. The number of rotatable bonds is 13. The van der Waals surface area contributed by atoms with Crippen molar-refractivity contribution in [2.24, 2.45) is 16.3 Å². The number of hydrogen-bond acceptors (Lipinski definition) is 5. The fraction of sp³-hybridized carbons (Fsp3) is 0.432. The quantitative estimate of drug-likeness (QED) is 0.195. The third kappa shape index (κ3) is 7.49. The Morgan fingerprint density at radius 3 is 2.18 bits per heavy atom. The molecule has 238 valence electrons. The number of nitrogens with zero attached hydrogens (tertiary/aromatic N) is 2. The van der Waals surface area contributed by atoms with E-state index in [0.29, 0.717) is 29.3 Å². The summed E-state index contributed by atoms with van der Waals surface area (Å²) in [6.45, 7) is 5.10. The minimum atomic E-state index is -1.57. The molecule has 4 atom stereocenters. The number of carbonyl (C=O) groups is 2. The topological polar surface area (TPSA) is 99.4 Å². The van der Waals surface area contributed by atoms with E-state index in [1.807, 2.05) is 36.4 Å². The molecule has 2 aliphatic rings. The van der Waals surface area contributed by atoms with Crippen molar-refractivity contribution in [2.75, 3.05) is 32.8 Å². The molecule has 0 aliphatic carbocycles. The van der Waals surface area contributed by atoms with Gasteiger partial charge in [0.2, 0.25) is 0 Å². The first-order valence-corrected chi connectivity index (χ1v) is 16.3. The van der Waals surface area contributed by atoms with E-state index in [1.54, 1.807) is 31.2 Å². The first-order chi connectivity index (χ1) is 21.8. The number of ether oxygens (including phenoxy) is 1. The van der Waals surface area contributed by atoms with E-state index in [0.717, 1.165) is 30.8 Å². The highest BCUT2D eigenvalue weighted by atomic mass is 35.5. The van der Waals surface area contributed by atoms with Crippen LogP contribution in [0.1, 0.15) is 67.6 Å². The molecule has 1 fully saturated rings. The summed E-state index contributed by atoms with van der Waals surface area (Å²) in [5, 5.41) is 22.3. The average molecular weight is 631 g/mol. The fourth-order valence-electron chi connectivity index (χ4n) is 7.44. The molecule has 0 spiro atoms. The Balaban J connectivity index is 1.55. The number of hydrogen-bond donors (Lipinski definition) is 2. The molecule has 2 heterocycles. The van der Waals surface area contributed by atoms with Gasteiger partial charge in [-0.25, -0.2) is 0 Å². The zero-order chi connectivity index (χ0) is 31.8. The molecule has 0 amide bonds. The number of benzene rings is 3. The summed E-state index contributed by atoms with van der Waals surface area (Å²) in [7, 11) is 0. The summed E-state index contributed by atoms with van der Waals surface area (Å²) in [6, 6.07) is 26.3. The molecule has 45 heavy (non-hydrogen) atoms. The van der Waals surface area contributed by atoms with Crippen LogP contribution in [0.2, 0.25) is 5.02 Å². The van der Waals surface area contributed by atoms with Gasteiger partial charge in [0, 0.05) is 29.1 Å². The van der Waals surface area contributed by atoms with Crippen molar-refractivity contribution in [3.05, 3.63) is 107 Å². The number of piperidine rings is 1. The van der Waals surface area contributed by atoms with Crippen LogP contribution in [0.4, 0.5) is 0 Å². The number of likely N-dealkylation sites (tertiary alicyclic amines) is 1. The minimum absolute atomic E-state index is 0.0855. The molecule has 0 aromatic heterocycles. The second-order valence-electron chi connectivity index (χ2n) is 12.4. The molecule has 7 nitrogen and oxygen atoms in total. The lowest BCUT2D eigenvalue weighted by atomic mass is 9.57. The molecule has 0 radical (unpaired) electrons. The first kappa shape index (κ1) is 32.9. The summed E-state index contributed by atoms with van der Waals surface area (Å²) < 4.78 is 6.22. The molecule has 2 N–H and O–H groups in total. The van der Waals surface area contributed by atoms with Crippen molar-refractivity contribution >= 4 is 29.3 Å². The molecular weight excluding hydrogens is 588 g/mol. The Kier molecular flexibility index (Phi) is 11.1. The molecule has 5 rings (SSSR count). The SMILES string of the molecule is CC1=NC(COCCN2CCCCC2)C(CCC(c2ccccc2)c2ccccc2)(C(=O)O)C(c2cccc(Cl)c2)C1C(=O)O. The van der Waals surface area contributed by atoms with Gasteiger partial charge in [0.05, 0.1) is 19.3 Å². The smallest absolute Gasteiger partial charge is 0.312 e. The number of aliphatic imine (C=N–C) groups is 1. The lowest BCUT2D eigenvalue weighted by Gasteiger charge is -2.48. The number of halogens is 1. The Labute approximate surface area is 270 Å². The van der Waals surface area contributed by atoms with Crippen molar-refractivity contribution in [1.82, 2.24) is 4.90 Å². The largest absolute Gasteiger partial charge is 0.481 e. The van der Waals surface area contributed by atoms with Crippen LogP contribution in [-0.2, 0) is 14.3 Å². The van der Waals surface area contributed by atoms with Gasteiger partial charge in [-0.1, -0.05) is 90.8 Å². The van der Waals surface area contributed by atoms with Gasteiger partial charge in [0.25, 0.3) is 0 Å². The van der Waals surface area contributed by atoms with Gasteiger partial charge in [0.1, 0.15) is 11.3 Å². The predicted molar refractivity (Wildman–Crippen MR) is 177 cm³/mol. The number of carboxylic acids is 2. The maximum atomic E-state index is 13.8. The highest BCUT2D eigenvalue weighted by molar-refractivity contribution is 6.30. The Hall–Kier alpha value is -3.52. The maximum absolute atomic E-state index is 13.8. The molecule has 8 heteroatoms. The van der Waals surface area contributed by atoms with E-state index in [9.17, 15) is 19.8 Å². The Morgan fingerprint density at radius 2 is 1.60 bits per heavy atom. The zero-order valence-electron chi connectivity index (χ0n) is 25.9. The van der Waals surface area contributed by atoms with Crippen molar-refractivity contribution in [1.29, 1.82) is 0 Å². The minimum Gasteiger partial charge on any atom is -0.481 e. The van der Waals surface area contributed by atoms with Crippen LogP contribution in [0, 0.1) is 11.3 Å². The molecule has 2 aliphatic heterocycles. The summed E-state index contributed by atoms with van der Waals surface area (Å²) >= 11 is 6.45. The second-order valence-corrected chi connectivity index (χ2v) is 12.8. The molecule has 4 unspecified atom stereocenters. The van der Waals surface area contributed by atoms with Crippen LogP contribution in [-0.4, -0.2) is 71.7 Å². The van der Waals surface area contributed by atoms with Crippen LogP contribution in [0.5, 0.6) is 0 Å². The standard InChI is InChI=1S/C37H43ClN2O5/c1-26-33(35(41)42)34(29-16-11-17-30(38)24-29)37(36(43)44,32(39-26)25-45-23-22-40-20-9-4-10-21-40)19-18-31(27-12-5-2-6-13-27)28-14-7-3-8-15-28/h2-3,5-8,11-17,24,31-34H,4,9-10,18-23,25H2,1H3,(H,41,42)(H,43,44). The van der Waals surface area contributed by atoms with Gasteiger partial charge in [-0.3, -0.25) is 14.6 Å². The van der Waals surface area contributed by atoms with Gasteiger partial charge in [-0.2, -0.15) is 0 Å². The van der Waals surface area contributed by atoms with Crippen LogP contribution in [0.3, 0.4) is 0 Å². The van der Waals surface area contributed by atoms with Crippen LogP contribution in [0.25, 0.3) is 0 Å². The lowest BCUT2D eigenvalue weighted by molar-refractivity contribution is -0.158. The molecule has 0 bridgehead atoms. The monoisotopic (exact) mass is 630 g/mol. The normalized spacial score (nSPS) is 23.9. The number of aliphatic carboxylic acids is 2. The third-order valence-corrected chi connectivity index (χ3v) is 9.93. The highest BCUT2D eigenvalue weighted by Gasteiger charge is 2.59. The average Bonchev–Trinajstić information content (AvgIpc) is 3.05. The second kappa shape index (κ2) is 15.2. The first-order valence-electron chi connectivity index (χ1n) is 16.0. The van der Waals surface area contributed by atoms with Crippen molar-refractivity contribution in [3.8, 4) is 0 Å². The third-order valence-electron chi connectivity index (χ3n) is 9.69. The van der Waals surface area contributed by atoms with Gasteiger partial charge < -0.3 is 19.8 Å². The number of carboxylic acid groups (broad SMARTS) is 2. The molecule has 3 aromatic rings. The summed E-state index contributed by atoms with van der Waals surface area (Å²) in [5.41, 5.74) is 1.56. The Morgan fingerprint density at radius 1 is 0.956 bits per heavy atom. The van der Waals surface area contributed by atoms with Crippen LogP contribution < -0.4 is 0 Å². The van der Waals surface area contributed by atoms with E-state index in [1.165, 1.54) is 19.3 Å². The molecular formula is C37H43ClN2O5. The van der Waals surface area contributed by atoms with Crippen molar-refractivity contribution in [3.63, 3.8) is 0 Å². The maximum Gasteiger partial charge on any atom is 0.312 e.